The lowest BCUT2D eigenvalue weighted by atomic mass is 10.1. The Bertz CT molecular complexity index is 626. The number of ether oxygens (including phenoxy) is 1. The first kappa shape index (κ1) is 13.6. The Kier molecular flexibility index (Phi) is 3.83. The minimum atomic E-state index is -0.120. The van der Waals surface area contributed by atoms with Crippen LogP contribution in [0.3, 0.4) is 0 Å². The number of aromatic nitrogens is 3. The highest BCUT2D eigenvalue weighted by atomic mass is 16.5. The van der Waals surface area contributed by atoms with E-state index in [9.17, 15) is 4.79 Å². The van der Waals surface area contributed by atoms with Crippen LogP contribution in [0.5, 0.6) is 5.75 Å². The average Bonchev–Trinajstić information content (AvgIpc) is 2.99. The summed E-state index contributed by atoms with van der Waals surface area (Å²) in [7, 11) is 0. The van der Waals surface area contributed by atoms with E-state index in [1.54, 1.807) is 0 Å². The lowest BCUT2D eigenvalue weighted by molar-refractivity contribution is -0.118. The first-order valence-corrected chi connectivity index (χ1v) is 6.86. The second-order valence-corrected chi connectivity index (χ2v) is 4.95. The summed E-state index contributed by atoms with van der Waals surface area (Å²) in [5.74, 6) is 1.46. The Morgan fingerprint density at radius 2 is 2.38 bits per heavy atom. The largest absolute Gasteiger partial charge is 0.482 e. The van der Waals surface area contributed by atoms with Crippen molar-refractivity contribution in [2.75, 3.05) is 18.5 Å². The van der Waals surface area contributed by atoms with E-state index in [0.29, 0.717) is 5.75 Å². The Balaban J connectivity index is 1.60. The van der Waals surface area contributed by atoms with Crippen molar-refractivity contribution in [2.24, 2.45) is 0 Å². The lowest BCUT2D eigenvalue weighted by Crippen LogP contribution is -2.26. The molecule has 1 aromatic heterocycles. The van der Waals surface area contributed by atoms with Gasteiger partial charge in [-0.2, -0.15) is 5.10 Å². The highest BCUT2D eigenvalue weighted by Crippen LogP contribution is 2.30. The molecular weight excluding hydrogens is 270 g/mol. The van der Waals surface area contributed by atoms with Crippen molar-refractivity contribution in [1.82, 2.24) is 20.5 Å². The standard InChI is InChI=1S/C14H17N5O2/c1-9(15-5-4-13-16-8-17-19-13)10-2-3-12-11(6-10)18-14(20)7-21-12/h2-3,6,8-9,15H,4-5,7H2,1H3,(H,18,20)(H,16,17,19). The number of fused-ring (bicyclic) bond motifs is 1. The third-order valence-corrected chi connectivity index (χ3v) is 3.41. The minimum absolute atomic E-state index is 0.0807. The van der Waals surface area contributed by atoms with Crippen LogP contribution in [0.4, 0.5) is 5.69 Å². The first-order chi connectivity index (χ1) is 10.2. The molecule has 2 aromatic rings. The molecule has 2 heterocycles. The molecule has 0 saturated heterocycles. The van der Waals surface area contributed by atoms with E-state index in [1.807, 2.05) is 18.2 Å². The fourth-order valence-electron chi connectivity index (χ4n) is 2.25. The predicted octanol–water partition coefficient (Wildman–Crippen LogP) is 1.03. The van der Waals surface area contributed by atoms with Crippen LogP contribution < -0.4 is 15.4 Å². The number of H-pyrrole nitrogens is 1. The number of hydrogen-bond donors (Lipinski definition) is 3. The molecule has 1 aliphatic heterocycles. The quantitative estimate of drug-likeness (QED) is 0.764. The number of carbonyl (C=O) groups excluding carboxylic acids is 1. The zero-order valence-corrected chi connectivity index (χ0v) is 11.7. The highest BCUT2D eigenvalue weighted by molar-refractivity contribution is 5.95. The molecular formula is C14H17N5O2. The van der Waals surface area contributed by atoms with Gasteiger partial charge >= 0.3 is 0 Å². The van der Waals surface area contributed by atoms with Crippen LogP contribution in [0.15, 0.2) is 24.5 Å². The summed E-state index contributed by atoms with van der Waals surface area (Å²) in [5, 5.41) is 12.9. The van der Waals surface area contributed by atoms with Crippen LogP contribution >= 0.6 is 0 Å². The minimum Gasteiger partial charge on any atom is -0.482 e. The van der Waals surface area contributed by atoms with E-state index < -0.39 is 0 Å². The van der Waals surface area contributed by atoms with Crippen LogP contribution in [0.2, 0.25) is 0 Å². The van der Waals surface area contributed by atoms with Crippen molar-refractivity contribution in [1.29, 1.82) is 0 Å². The van der Waals surface area contributed by atoms with Crippen molar-refractivity contribution < 1.29 is 9.53 Å². The van der Waals surface area contributed by atoms with Gasteiger partial charge in [-0.05, 0) is 24.6 Å². The molecule has 0 fully saturated rings. The van der Waals surface area contributed by atoms with Crippen LogP contribution in [0.1, 0.15) is 24.4 Å². The summed E-state index contributed by atoms with van der Waals surface area (Å²) in [6.07, 6.45) is 2.29. The van der Waals surface area contributed by atoms with Gasteiger partial charge in [-0.1, -0.05) is 6.07 Å². The van der Waals surface area contributed by atoms with Gasteiger partial charge in [0.2, 0.25) is 0 Å². The first-order valence-electron chi connectivity index (χ1n) is 6.86. The second kappa shape index (κ2) is 5.92. The molecule has 0 aliphatic carbocycles. The summed E-state index contributed by atoms with van der Waals surface area (Å²) in [6, 6.07) is 6.00. The molecule has 110 valence electrons. The normalized spacial score (nSPS) is 15.0. The Morgan fingerprint density at radius 3 is 3.19 bits per heavy atom. The van der Waals surface area contributed by atoms with Gasteiger partial charge in [0.1, 0.15) is 17.9 Å². The number of anilines is 1. The van der Waals surface area contributed by atoms with Crippen molar-refractivity contribution >= 4 is 11.6 Å². The van der Waals surface area contributed by atoms with Gasteiger partial charge in [0.05, 0.1) is 5.69 Å². The molecule has 1 aliphatic rings. The molecule has 0 bridgehead atoms. The third kappa shape index (κ3) is 3.19. The molecule has 0 spiro atoms. The number of benzene rings is 1. The van der Waals surface area contributed by atoms with Gasteiger partial charge in [-0.25, -0.2) is 4.98 Å². The Labute approximate surface area is 122 Å². The van der Waals surface area contributed by atoms with Crippen LogP contribution in [0.25, 0.3) is 0 Å². The SMILES string of the molecule is CC(NCCc1ncn[nH]1)c1ccc2c(c1)NC(=O)CO2. The molecule has 7 heteroatoms. The predicted molar refractivity (Wildman–Crippen MR) is 77.1 cm³/mol. The van der Waals surface area contributed by atoms with Crippen LogP contribution in [-0.2, 0) is 11.2 Å². The van der Waals surface area contributed by atoms with E-state index in [-0.39, 0.29) is 18.6 Å². The Hall–Kier alpha value is -2.41. The molecule has 3 N–H and O–H groups in total. The third-order valence-electron chi connectivity index (χ3n) is 3.41. The number of aromatic amines is 1. The molecule has 7 nitrogen and oxygen atoms in total. The maximum absolute atomic E-state index is 11.3. The van der Waals surface area contributed by atoms with E-state index in [2.05, 4.69) is 32.7 Å². The summed E-state index contributed by atoms with van der Waals surface area (Å²) in [5.41, 5.74) is 1.82. The van der Waals surface area contributed by atoms with Crippen LogP contribution in [0, 0.1) is 0 Å². The van der Waals surface area contributed by atoms with Gasteiger partial charge in [0, 0.05) is 19.0 Å². The summed E-state index contributed by atoms with van der Waals surface area (Å²) >= 11 is 0. The van der Waals surface area contributed by atoms with Gasteiger partial charge in [-0.15, -0.1) is 0 Å². The zero-order chi connectivity index (χ0) is 14.7. The Morgan fingerprint density at radius 1 is 1.48 bits per heavy atom. The molecule has 1 atom stereocenters. The average molecular weight is 287 g/mol. The molecule has 0 radical (unpaired) electrons. The number of nitrogens with zero attached hydrogens (tertiary/aromatic N) is 2. The maximum atomic E-state index is 11.3. The zero-order valence-electron chi connectivity index (χ0n) is 11.7. The number of nitrogens with one attached hydrogen (secondary N) is 3. The summed E-state index contributed by atoms with van der Waals surface area (Å²) in [6.45, 7) is 2.95. The maximum Gasteiger partial charge on any atom is 0.262 e. The molecule has 3 rings (SSSR count). The van der Waals surface area contributed by atoms with Crippen molar-refractivity contribution in [2.45, 2.75) is 19.4 Å². The van der Waals surface area contributed by atoms with Crippen molar-refractivity contribution in [3.8, 4) is 5.75 Å². The van der Waals surface area contributed by atoms with Crippen molar-refractivity contribution in [3.63, 3.8) is 0 Å². The number of amides is 1. The fraction of sp³-hybridized carbons (Fsp3) is 0.357. The molecule has 1 amide bonds. The van der Waals surface area contributed by atoms with Gasteiger partial charge in [-0.3, -0.25) is 9.89 Å². The second-order valence-electron chi connectivity index (χ2n) is 4.95. The van der Waals surface area contributed by atoms with E-state index in [1.165, 1.54) is 6.33 Å². The number of hydrogen-bond acceptors (Lipinski definition) is 5. The molecule has 1 aromatic carbocycles. The summed E-state index contributed by atoms with van der Waals surface area (Å²) in [4.78, 5) is 15.4. The number of carbonyl (C=O) groups is 1. The molecule has 1 unspecified atom stereocenters. The number of rotatable bonds is 5. The topological polar surface area (TPSA) is 91.9 Å². The van der Waals surface area contributed by atoms with Crippen LogP contribution in [-0.4, -0.2) is 34.2 Å². The van der Waals surface area contributed by atoms with Crippen molar-refractivity contribution in [3.05, 3.63) is 35.9 Å². The lowest BCUT2D eigenvalue weighted by Gasteiger charge is -2.20. The molecule has 21 heavy (non-hydrogen) atoms. The van der Waals surface area contributed by atoms with E-state index >= 15 is 0 Å². The van der Waals surface area contributed by atoms with Gasteiger partial charge in [0.25, 0.3) is 5.91 Å². The molecule has 0 saturated carbocycles. The van der Waals surface area contributed by atoms with E-state index in [0.717, 1.165) is 30.0 Å². The monoisotopic (exact) mass is 287 g/mol. The highest BCUT2D eigenvalue weighted by Gasteiger charge is 2.17. The smallest absolute Gasteiger partial charge is 0.262 e. The fourth-order valence-corrected chi connectivity index (χ4v) is 2.25. The van der Waals surface area contributed by atoms with Gasteiger partial charge in [0.15, 0.2) is 6.61 Å². The van der Waals surface area contributed by atoms with Gasteiger partial charge < -0.3 is 15.4 Å². The van der Waals surface area contributed by atoms with E-state index in [4.69, 9.17) is 4.74 Å². The summed E-state index contributed by atoms with van der Waals surface area (Å²) < 4.78 is 5.35.